The number of aliphatic carboxylic acids is 1. The number of carbonyl (C=O) groups is 5. The SMILES string of the molecule is CC(C)[C@H](NC(=O)[C@@H]1CCCN1C(=O)[C@H](C)NC(=O)[C@@H]1CCCN1C(=O)[C@H](C)N)C(=O)O. The molecule has 32 heavy (non-hydrogen) atoms. The molecule has 0 aromatic rings. The highest BCUT2D eigenvalue weighted by Crippen LogP contribution is 2.21. The molecule has 2 saturated heterocycles. The number of hydrogen-bond donors (Lipinski definition) is 4. The van der Waals surface area contributed by atoms with Crippen LogP contribution in [-0.4, -0.2) is 87.8 Å². The maximum atomic E-state index is 13.0. The van der Waals surface area contributed by atoms with Crippen LogP contribution in [0, 0.1) is 5.92 Å². The van der Waals surface area contributed by atoms with Gasteiger partial charge in [0.2, 0.25) is 23.6 Å². The first kappa shape index (κ1) is 25.6. The van der Waals surface area contributed by atoms with Crippen molar-refractivity contribution in [3.63, 3.8) is 0 Å². The number of hydrogen-bond acceptors (Lipinski definition) is 6. The molecule has 0 aromatic heterocycles. The maximum absolute atomic E-state index is 13.0. The summed E-state index contributed by atoms with van der Waals surface area (Å²) in [5.41, 5.74) is 5.67. The molecule has 0 unspecified atom stereocenters. The van der Waals surface area contributed by atoms with Gasteiger partial charge in [-0.1, -0.05) is 13.8 Å². The van der Waals surface area contributed by atoms with Crippen LogP contribution in [-0.2, 0) is 24.0 Å². The van der Waals surface area contributed by atoms with Gasteiger partial charge in [-0.3, -0.25) is 19.2 Å². The van der Waals surface area contributed by atoms with E-state index in [1.165, 1.54) is 16.7 Å². The Bertz CT molecular complexity index is 755. The summed E-state index contributed by atoms with van der Waals surface area (Å²) in [7, 11) is 0. The number of rotatable bonds is 8. The molecule has 0 aliphatic carbocycles. The highest BCUT2D eigenvalue weighted by molar-refractivity contribution is 5.95. The van der Waals surface area contributed by atoms with Crippen molar-refractivity contribution in [3.05, 3.63) is 0 Å². The first-order valence-electron chi connectivity index (χ1n) is 11.2. The smallest absolute Gasteiger partial charge is 0.326 e. The van der Waals surface area contributed by atoms with Crippen LogP contribution in [0.3, 0.4) is 0 Å². The second-order valence-corrected chi connectivity index (χ2v) is 8.97. The second kappa shape index (κ2) is 10.8. The summed E-state index contributed by atoms with van der Waals surface area (Å²) in [4.78, 5) is 65.0. The third kappa shape index (κ3) is 5.76. The summed E-state index contributed by atoms with van der Waals surface area (Å²) in [5.74, 6) is -3.12. The van der Waals surface area contributed by atoms with Gasteiger partial charge in [-0.25, -0.2) is 4.79 Å². The number of nitrogens with zero attached hydrogens (tertiary/aromatic N) is 2. The standard InChI is InChI=1S/C21H35N5O6/c1-11(2)16(21(31)32)24-18(28)15-8-6-10-26(15)20(30)13(4)23-17(27)14-7-5-9-25(14)19(29)12(3)22/h11-16H,5-10,22H2,1-4H3,(H,23,27)(H,24,28)(H,31,32)/t12-,13-,14-,15-,16-/m0/s1. The Morgan fingerprint density at radius 1 is 0.844 bits per heavy atom. The number of amides is 4. The van der Waals surface area contributed by atoms with Crippen molar-refractivity contribution in [2.45, 2.75) is 83.6 Å². The fraction of sp³-hybridized carbons (Fsp3) is 0.762. The highest BCUT2D eigenvalue weighted by Gasteiger charge is 2.40. The van der Waals surface area contributed by atoms with E-state index in [-0.39, 0.29) is 11.8 Å². The van der Waals surface area contributed by atoms with Gasteiger partial charge >= 0.3 is 5.97 Å². The Hall–Kier alpha value is -2.69. The van der Waals surface area contributed by atoms with E-state index in [4.69, 9.17) is 5.73 Å². The minimum Gasteiger partial charge on any atom is -0.480 e. The third-order valence-electron chi connectivity index (χ3n) is 6.03. The van der Waals surface area contributed by atoms with Gasteiger partial charge < -0.3 is 31.3 Å². The van der Waals surface area contributed by atoms with Gasteiger partial charge in [0.25, 0.3) is 0 Å². The van der Waals surface area contributed by atoms with Crippen molar-refractivity contribution in [3.8, 4) is 0 Å². The molecule has 4 amide bonds. The van der Waals surface area contributed by atoms with Gasteiger partial charge in [-0.05, 0) is 45.4 Å². The Kier molecular flexibility index (Phi) is 8.59. The zero-order valence-corrected chi connectivity index (χ0v) is 19.2. The topological polar surface area (TPSA) is 162 Å². The lowest BCUT2D eigenvalue weighted by Gasteiger charge is -2.30. The van der Waals surface area contributed by atoms with Crippen LogP contribution in [0.4, 0.5) is 0 Å². The fourth-order valence-corrected chi connectivity index (χ4v) is 4.25. The van der Waals surface area contributed by atoms with Gasteiger partial charge in [-0.15, -0.1) is 0 Å². The number of nitrogens with one attached hydrogen (secondary N) is 2. The van der Waals surface area contributed by atoms with Gasteiger partial charge in [-0.2, -0.15) is 0 Å². The minimum atomic E-state index is -1.13. The van der Waals surface area contributed by atoms with Crippen molar-refractivity contribution in [2.24, 2.45) is 11.7 Å². The van der Waals surface area contributed by atoms with Crippen LogP contribution in [0.2, 0.25) is 0 Å². The predicted octanol–water partition coefficient (Wildman–Crippen LogP) is -0.954. The van der Waals surface area contributed by atoms with E-state index in [1.54, 1.807) is 20.8 Å². The van der Waals surface area contributed by atoms with Gasteiger partial charge in [0, 0.05) is 13.1 Å². The molecule has 5 atom stereocenters. The number of likely N-dealkylation sites (tertiary alicyclic amines) is 2. The molecule has 0 saturated carbocycles. The lowest BCUT2D eigenvalue weighted by molar-refractivity contribution is -0.146. The molecule has 0 spiro atoms. The van der Waals surface area contributed by atoms with E-state index in [0.717, 1.165) is 0 Å². The Morgan fingerprint density at radius 2 is 1.31 bits per heavy atom. The molecular weight excluding hydrogens is 418 g/mol. The first-order chi connectivity index (χ1) is 15.0. The van der Waals surface area contributed by atoms with Crippen LogP contribution in [0.15, 0.2) is 0 Å². The summed E-state index contributed by atoms with van der Waals surface area (Å²) in [5, 5.41) is 14.5. The maximum Gasteiger partial charge on any atom is 0.326 e. The lowest BCUT2D eigenvalue weighted by atomic mass is 10.0. The van der Waals surface area contributed by atoms with Gasteiger partial charge in [0.1, 0.15) is 24.2 Å². The molecule has 11 nitrogen and oxygen atoms in total. The van der Waals surface area contributed by atoms with Crippen molar-refractivity contribution >= 4 is 29.6 Å². The van der Waals surface area contributed by atoms with E-state index >= 15 is 0 Å². The van der Waals surface area contributed by atoms with E-state index < -0.39 is 53.9 Å². The Labute approximate surface area is 188 Å². The molecule has 2 rings (SSSR count). The summed E-state index contributed by atoms with van der Waals surface area (Å²) in [6, 6.07) is -4.13. The fourth-order valence-electron chi connectivity index (χ4n) is 4.25. The molecule has 2 aliphatic heterocycles. The molecule has 0 radical (unpaired) electrons. The third-order valence-corrected chi connectivity index (χ3v) is 6.03. The van der Waals surface area contributed by atoms with E-state index in [1.807, 2.05) is 0 Å². The summed E-state index contributed by atoms with van der Waals surface area (Å²) >= 11 is 0. The summed E-state index contributed by atoms with van der Waals surface area (Å²) < 4.78 is 0. The van der Waals surface area contributed by atoms with Crippen molar-refractivity contribution in [1.82, 2.24) is 20.4 Å². The largest absolute Gasteiger partial charge is 0.480 e. The van der Waals surface area contributed by atoms with Crippen LogP contribution in [0.5, 0.6) is 0 Å². The minimum absolute atomic E-state index is 0.309. The highest BCUT2D eigenvalue weighted by atomic mass is 16.4. The normalized spacial score (nSPS) is 23.6. The second-order valence-electron chi connectivity index (χ2n) is 8.97. The summed E-state index contributed by atoms with van der Waals surface area (Å²) in [6.45, 7) is 7.27. The van der Waals surface area contributed by atoms with Gasteiger partial charge in [0.15, 0.2) is 0 Å². The van der Waals surface area contributed by atoms with Crippen molar-refractivity contribution < 1.29 is 29.1 Å². The molecule has 2 heterocycles. The van der Waals surface area contributed by atoms with Crippen molar-refractivity contribution in [1.29, 1.82) is 0 Å². The van der Waals surface area contributed by atoms with Crippen LogP contribution in [0.1, 0.15) is 53.4 Å². The van der Waals surface area contributed by atoms with Crippen LogP contribution < -0.4 is 16.4 Å². The van der Waals surface area contributed by atoms with E-state index in [9.17, 15) is 29.1 Å². The Morgan fingerprint density at radius 3 is 1.75 bits per heavy atom. The zero-order chi connectivity index (χ0) is 24.2. The number of carbonyl (C=O) groups excluding carboxylic acids is 4. The molecule has 11 heteroatoms. The average Bonchev–Trinajstić information content (AvgIpc) is 3.39. The molecule has 0 bridgehead atoms. The monoisotopic (exact) mass is 453 g/mol. The zero-order valence-electron chi connectivity index (χ0n) is 19.2. The predicted molar refractivity (Wildman–Crippen MR) is 115 cm³/mol. The number of nitrogens with two attached hydrogens (primary N) is 1. The molecule has 2 aliphatic rings. The molecule has 5 N–H and O–H groups in total. The van der Waals surface area contributed by atoms with Gasteiger partial charge in [0.05, 0.1) is 6.04 Å². The Balaban J connectivity index is 2.01. The van der Waals surface area contributed by atoms with Crippen molar-refractivity contribution in [2.75, 3.05) is 13.1 Å². The number of carboxylic acids is 1. The quantitative estimate of drug-likeness (QED) is 0.368. The molecule has 2 fully saturated rings. The van der Waals surface area contributed by atoms with Crippen LogP contribution >= 0.6 is 0 Å². The average molecular weight is 454 g/mol. The van der Waals surface area contributed by atoms with E-state index in [0.29, 0.717) is 38.8 Å². The van der Waals surface area contributed by atoms with Crippen LogP contribution in [0.25, 0.3) is 0 Å². The number of carboxylic acid groups (broad SMARTS) is 1. The first-order valence-corrected chi connectivity index (χ1v) is 11.2. The molecule has 0 aromatic carbocycles. The summed E-state index contributed by atoms with van der Waals surface area (Å²) in [6.07, 6.45) is 2.19. The molecule has 180 valence electrons. The van der Waals surface area contributed by atoms with E-state index in [2.05, 4.69) is 10.6 Å². The molecular formula is C21H35N5O6. The lowest BCUT2D eigenvalue weighted by Crippen LogP contribution is -2.57.